The number of rotatable bonds is 0. The minimum Gasteiger partial charge on any atom is -0.449 e. The molecule has 2 atom stereocenters. The van der Waals surface area contributed by atoms with E-state index in [1.165, 1.54) is 12.0 Å². The minimum absolute atomic E-state index is 0.311. The van der Waals surface area contributed by atoms with E-state index in [0.717, 1.165) is 25.3 Å². The Hall–Kier alpha value is -0.470. The van der Waals surface area contributed by atoms with Gasteiger partial charge in [-0.15, -0.1) is 0 Å². The van der Waals surface area contributed by atoms with E-state index in [-0.39, 0.29) is 0 Å². The standard InChI is InChI=1S/C11H14ClNO/c1-7-4-9-8(5-10(12)14-9)11(7)2-3-13-6-11/h5,7,13H,2-4,6H2,1H3. The quantitative estimate of drug-likeness (QED) is 0.713. The molecular formula is C11H14ClNO. The van der Waals surface area contributed by atoms with E-state index in [0.29, 0.717) is 16.6 Å². The Labute approximate surface area is 88.6 Å². The second-order valence-corrected chi connectivity index (χ2v) is 4.95. The molecule has 1 aromatic rings. The summed E-state index contributed by atoms with van der Waals surface area (Å²) in [6.45, 7) is 4.51. The third kappa shape index (κ3) is 0.958. The minimum atomic E-state index is 0.311. The summed E-state index contributed by atoms with van der Waals surface area (Å²) < 4.78 is 5.52. The monoisotopic (exact) mass is 211 g/mol. The number of fused-ring (bicyclic) bond motifs is 2. The molecule has 1 aromatic heterocycles. The Morgan fingerprint density at radius 3 is 3.21 bits per heavy atom. The maximum absolute atomic E-state index is 5.90. The molecule has 1 fully saturated rings. The van der Waals surface area contributed by atoms with Crippen LogP contribution in [-0.4, -0.2) is 13.1 Å². The molecule has 3 heteroatoms. The molecule has 0 radical (unpaired) electrons. The molecule has 2 aliphatic rings. The average molecular weight is 212 g/mol. The lowest BCUT2D eigenvalue weighted by Gasteiger charge is -2.27. The van der Waals surface area contributed by atoms with Crippen molar-refractivity contribution in [1.82, 2.24) is 5.32 Å². The van der Waals surface area contributed by atoms with Crippen molar-refractivity contribution in [2.45, 2.75) is 25.2 Å². The number of halogens is 1. The highest BCUT2D eigenvalue weighted by Gasteiger charge is 2.48. The van der Waals surface area contributed by atoms with Crippen LogP contribution in [0.15, 0.2) is 10.5 Å². The summed E-state index contributed by atoms with van der Waals surface area (Å²) in [6.07, 6.45) is 2.26. The largest absolute Gasteiger partial charge is 0.449 e. The van der Waals surface area contributed by atoms with E-state index in [2.05, 4.69) is 12.2 Å². The highest BCUT2D eigenvalue weighted by molar-refractivity contribution is 6.29. The van der Waals surface area contributed by atoms with Crippen molar-refractivity contribution in [3.8, 4) is 0 Å². The SMILES string of the molecule is CC1Cc2oc(Cl)cc2C12CCNC2. The maximum atomic E-state index is 5.90. The zero-order chi connectivity index (χ0) is 9.76. The second kappa shape index (κ2) is 2.77. The fourth-order valence-electron chi connectivity index (χ4n) is 3.07. The van der Waals surface area contributed by atoms with Gasteiger partial charge >= 0.3 is 0 Å². The first kappa shape index (κ1) is 8.81. The number of nitrogens with one attached hydrogen (secondary N) is 1. The molecule has 3 rings (SSSR count). The molecule has 0 aromatic carbocycles. The van der Waals surface area contributed by atoms with Crippen molar-refractivity contribution in [3.05, 3.63) is 22.6 Å². The highest BCUT2D eigenvalue weighted by Crippen LogP contribution is 2.48. The fourth-order valence-corrected chi connectivity index (χ4v) is 3.27. The molecule has 14 heavy (non-hydrogen) atoms. The first-order valence-electron chi connectivity index (χ1n) is 5.22. The predicted octanol–water partition coefficient (Wildman–Crippen LogP) is 2.36. The zero-order valence-electron chi connectivity index (χ0n) is 8.27. The van der Waals surface area contributed by atoms with Gasteiger partial charge in [0.25, 0.3) is 0 Å². The van der Waals surface area contributed by atoms with E-state index in [1.54, 1.807) is 0 Å². The van der Waals surface area contributed by atoms with Crippen molar-refractivity contribution in [3.63, 3.8) is 0 Å². The average Bonchev–Trinajstić information content (AvgIpc) is 2.76. The Morgan fingerprint density at radius 2 is 2.50 bits per heavy atom. The zero-order valence-corrected chi connectivity index (χ0v) is 9.03. The molecule has 2 heterocycles. The van der Waals surface area contributed by atoms with Crippen LogP contribution in [0.4, 0.5) is 0 Å². The Morgan fingerprint density at radius 1 is 1.64 bits per heavy atom. The van der Waals surface area contributed by atoms with Crippen LogP contribution < -0.4 is 5.32 Å². The van der Waals surface area contributed by atoms with Gasteiger partial charge in [0.05, 0.1) is 0 Å². The molecule has 0 bridgehead atoms. The molecule has 0 saturated carbocycles. The molecule has 1 spiro atoms. The number of furan rings is 1. The number of hydrogen-bond donors (Lipinski definition) is 1. The van der Waals surface area contributed by atoms with Gasteiger partial charge in [-0.1, -0.05) is 6.92 Å². The molecular weight excluding hydrogens is 198 g/mol. The van der Waals surface area contributed by atoms with Gasteiger partial charge < -0.3 is 9.73 Å². The lowest BCUT2D eigenvalue weighted by molar-refractivity contribution is 0.338. The molecule has 2 nitrogen and oxygen atoms in total. The normalized spacial score (nSPS) is 35.4. The fraction of sp³-hybridized carbons (Fsp3) is 0.636. The molecule has 1 N–H and O–H groups in total. The van der Waals surface area contributed by atoms with Crippen LogP contribution >= 0.6 is 11.6 Å². The van der Waals surface area contributed by atoms with Gasteiger partial charge in [-0.2, -0.15) is 0 Å². The smallest absolute Gasteiger partial charge is 0.193 e. The van der Waals surface area contributed by atoms with Crippen LogP contribution in [0.3, 0.4) is 0 Å². The molecule has 1 saturated heterocycles. The first-order valence-corrected chi connectivity index (χ1v) is 5.59. The second-order valence-electron chi connectivity index (χ2n) is 4.58. The van der Waals surface area contributed by atoms with Gasteiger partial charge in [-0.3, -0.25) is 0 Å². The van der Waals surface area contributed by atoms with Gasteiger partial charge in [0.2, 0.25) is 0 Å². The summed E-state index contributed by atoms with van der Waals surface area (Å²) in [4.78, 5) is 0. The summed E-state index contributed by atoms with van der Waals surface area (Å²) >= 11 is 5.90. The summed E-state index contributed by atoms with van der Waals surface area (Å²) in [5.74, 6) is 1.80. The Balaban J connectivity index is 2.12. The van der Waals surface area contributed by atoms with Gasteiger partial charge in [0.1, 0.15) is 5.76 Å². The number of hydrogen-bond acceptors (Lipinski definition) is 2. The van der Waals surface area contributed by atoms with E-state index in [9.17, 15) is 0 Å². The van der Waals surface area contributed by atoms with Crippen molar-refractivity contribution in [2.75, 3.05) is 13.1 Å². The summed E-state index contributed by atoms with van der Waals surface area (Å²) in [6, 6.07) is 2.02. The molecule has 0 amide bonds. The van der Waals surface area contributed by atoms with Crippen molar-refractivity contribution < 1.29 is 4.42 Å². The van der Waals surface area contributed by atoms with Gasteiger partial charge in [-0.05, 0) is 36.6 Å². The van der Waals surface area contributed by atoms with Gasteiger partial charge in [0, 0.05) is 23.9 Å². The lowest BCUT2D eigenvalue weighted by atomic mass is 9.75. The van der Waals surface area contributed by atoms with Crippen molar-refractivity contribution in [1.29, 1.82) is 0 Å². The summed E-state index contributed by atoms with van der Waals surface area (Å²) in [5, 5.41) is 4.00. The van der Waals surface area contributed by atoms with E-state index >= 15 is 0 Å². The molecule has 1 aliphatic heterocycles. The van der Waals surface area contributed by atoms with E-state index in [1.807, 2.05) is 6.07 Å². The predicted molar refractivity (Wildman–Crippen MR) is 55.8 cm³/mol. The van der Waals surface area contributed by atoms with Crippen LogP contribution in [0.25, 0.3) is 0 Å². The Bertz CT molecular complexity index is 365. The Kier molecular flexibility index (Phi) is 1.74. The third-order valence-electron chi connectivity index (χ3n) is 3.94. The van der Waals surface area contributed by atoms with Crippen LogP contribution in [0.1, 0.15) is 24.7 Å². The van der Waals surface area contributed by atoms with Crippen LogP contribution in [0.2, 0.25) is 5.22 Å². The third-order valence-corrected chi connectivity index (χ3v) is 4.12. The van der Waals surface area contributed by atoms with E-state index < -0.39 is 0 Å². The highest BCUT2D eigenvalue weighted by atomic mass is 35.5. The lowest BCUT2D eigenvalue weighted by Crippen LogP contribution is -2.32. The molecule has 1 aliphatic carbocycles. The summed E-state index contributed by atoms with van der Waals surface area (Å²) in [5.41, 5.74) is 1.67. The topological polar surface area (TPSA) is 25.2 Å². The van der Waals surface area contributed by atoms with Crippen molar-refractivity contribution >= 4 is 11.6 Å². The van der Waals surface area contributed by atoms with E-state index in [4.69, 9.17) is 16.0 Å². The van der Waals surface area contributed by atoms with Crippen molar-refractivity contribution in [2.24, 2.45) is 5.92 Å². The van der Waals surface area contributed by atoms with Crippen LogP contribution in [0, 0.1) is 5.92 Å². The van der Waals surface area contributed by atoms with Crippen LogP contribution in [-0.2, 0) is 11.8 Å². The summed E-state index contributed by atoms with van der Waals surface area (Å²) in [7, 11) is 0. The van der Waals surface area contributed by atoms with Gasteiger partial charge in [-0.25, -0.2) is 0 Å². The van der Waals surface area contributed by atoms with Gasteiger partial charge in [0.15, 0.2) is 5.22 Å². The first-order chi connectivity index (χ1) is 6.72. The maximum Gasteiger partial charge on any atom is 0.193 e. The molecule has 76 valence electrons. The van der Waals surface area contributed by atoms with Crippen LogP contribution in [0.5, 0.6) is 0 Å². The molecule has 2 unspecified atom stereocenters.